The highest BCUT2D eigenvalue weighted by Crippen LogP contribution is 2.18. The van der Waals surface area contributed by atoms with Gasteiger partial charge < -0.3 is 0 Å². The Labute approximate surface area is 72.6 Å². The van der Waals surface area contributed by atoms with Gasteiger partial charge in [0.1, 0.15) is 12.0 Å². The second-order valence-electron chi connectivity index (χ2n) is 2.95. The fourth-order valence-electron chi connectivity index (χ4n) is 0.972. The van der Waals surface area contributed by atoms with Gasteiger partial charge in [0.2, 0.25) is 0 Å². The Balaban J connectivity index is 3.22. The van der Waals surface area contributed by atoms with Crippen LogP contribution in [0.1, 0.15) is 25.2 Å². The summed E-state index contributed by atoms with van der Waals surface area (Å²) in [7, 11) is 0. The molecular formula is C9H13N3. The third kappa shape index (κ3) is 1.87. The van der Waals surface area contributed by atoms with Crippen LogP contribution in [0.3, 0.4) is 0 Å². The summed E-state index contributed by atoms with van der Waals surface area (Å²) in [5, 5.41) is 0. The minimum Gasteiger partial charge on any atom is -0.255 e. The van der Waals surface area contributed by atoms with Crippen LogP contribution in [0.5, 0.6) is 0 Å². The summed E-state index contributed by atoms with van der Waals surface area (Å²) in [5.74, 6) is 0. The zero-order valence-electron chi connectivity index (χ0n) is 7.92. The number of nitrogens with zero attached hydrogens (tertiary/aromatic N) is 3. The fourth-order valence-corrected chi connectivity index (χ4v) is 0.972. The topological polar surface area (TPSA) is 38.1 Å². The predicted molar refractivity (Wildman–Crippen MR) is 49.9 cm³/mol. The van der Waals surface area contributed by atoms with Crippen molar-refractivity contribution < 1.29 is 0 Å². The van der Waals surface area contributed by atoms with Crippen LogP contribution < -0.4 is 0 Å². The molecule has 1 rings (SSSR count). The molecule has 3 nitrogen and oxygen atoms in total. The van der Waals surface area contributed by atoms with Crippen LogP contribution in [0.15, 0.2) is 11.3 Å². The SMILES string of the molecule is CC(C)=Nc1c(C)ncnc1C. The molecule has 0 aliphatic heterocycles. The molecular weight excluding hydrogens is 150 g/mol. The molecule has 1 heterocycles. The number of aromatic nitrogens is 2. The number of hydrogen-bond donors (Lipinski definition) is 0. The van der Waals surface area contributed by atoms with Crippen LogP contribution in [0.4, 0.5) is 5.69 Å². The van der Waals surface area contributed by atoms with E-state index in [0.29, 0.717) is 0 Å². The first-order chi connectivity index (χ1) is 5.61. The van der Waals surface area contributed by atoms with Gasteiger partial charge in [0, 0.05) is 5.71 Å². The van der Waals surface area contributed by atoms with Gasteiger partial charge in [0.25, 0.3) is 0 Å². The molecule has 0 aromatic carbocycles. The minimum absolute atomic E-state index is 0.900. The first-order valence-electron chi connectivity index (χ1n) is 3.91. The monoisotopic (exact) mass is 163 g/mol. The van der Waals surface area contributed by atoms with Gasteiger partial charge >= 0.3 is 0 Å². The van der Waals surface area contributed by atoms with Crippen molar-refractivity contribution in [1.82, 2.24) is 9.97 Å². The Morgan fingerprint density at radius 1 is 1.17 bits per heavy atom. The van der Waals surface area contributed by atoms with Crippen molar-refractivity contribution in [2.45, 2.75) is 27.7 Å². The van der Waals surface area contributed by atoms with Crippen LogP contribution in [-0.4, -0.2) is 15.7 Å². The second-order valence-corrected chi connectivity index (χ2v) is 2.95. The molecule has 0 atom stereocenters. The van der Waals surface area contributed by atoms with Crippen LogP contribution in [0, 0.1) is 13.8 Å². The van der Waals surface area contributed by atoms with Gasteiger partial charge in [-0.15, -0.1) is 0 Å². The van der Waals surface area contributed by atoms with Crippen LogP contribution >= 0.6 is 0 Å². The highest BCUT2D eigenvalue weighted by molar-refractivity contribution is 5.82. The Hall–Kier alpha value is -1.25. The van der Waals surface area contributed by atoms with Crippen LogP contribution in [0.2, 0.25) is 0 Å². The van der Waals surface area contributed by atoms with Crippen molar-refractivity contribution in [1.29, 1.82) is 0 Å². The summed E-state index contributed by atoms with van der Waals surface area (Å²) < 4.78 is 0. The highest BCUT2D eigenvalue weighted by Gasteiger charge is 2.01. The molecule has 0 aliphatic rings. The Morgan fingerprint density at radius 3 is 2.08 bits per heavy atom. The minimum atomic E-state index is 0.900. The van der Waals surface area contributed by atoms with Crippen molar-refractivity contribution in [2.24, 2.45) is 4.99 Å². The van der Waals surface area contributed by atoms with Gasteiger partial charge in [-0.2, -0.15) is 0 Å². The lowest BCUT2D eigenvalue weighted by molar-refractivity contribution is 1.05. The maximum absolute atomic E-state index is 4.35. The van der Waals surface area contributed by atoms with Gasteiger partial charge in [-0.05, 0) is 27.7 Å². The largest absolute Gasteiger partial charge is 0.255 e. The Bertz CT molecular complexity index is 291. The first-order valence-corrected chi connectivity index (χ1v) is 3.91. The van der Waals surface area contributed by atoms with Crippen molar-refractivity contribution in [3.8, 4) is 0 Å². The van der Waals surface area contributed by atoms with Crippen LogP contribution in [-0.2, 0) is 0 Å². The van der Waals surface area contributed by atoms with Crippen molar-refractivity contribution in [3.05, 3.63) is 17.7 Å². The molecule has 0 saturated carbocycles. The molecule has 0 aliphatic carbocycles. The molecule has 64 valence electrons. The summed E-state index contributed by atoms with van der Waals surface area (Å²) >= 11 is 0. The number of aliphatic imine (C=N–C) groups is 1. The lowest BCUT2D eigenvalue weighted by atomic mass is 10.3. The van der Waals surface area contributed by atoms with E-state index in [9.17, 15) is 0 Å². The molecule has 0 unspecified atom stereocenters. The molecule has 0 spiro atoms. The molecule has 3 heteroatoms. The maximum atomic E-state index is 4.35. The third-order valence-corrected chi connectivity index (χ3v) is 1.52. The average molecular weight is 163 g/mol. The van der Waals surface area contributed by atoms with Crippen LogP contribution in [0.25, 0.3) is 0 Å². The molecule has 0 saturated heterocycles. The summed E-state index contributed by atoms with van der Waals surface area (Å²) in [6, 6.07) is 0. The smallest absolute Gasteiger partial charge is 0.116 e. The molecule has 1 aromatic heterocycles. The van der Waals surface area contributed by atoms with Gasteiger partial charge in [0.15, 0.2) is 0 Å². The van der Waals surface area contributed by atoms with Gasteiger partial charge in [-0.25, -0.2) is 9.97 Å². The van der Waals surface area contributed by atoms with E-state index in [0.717, 1.165) is 22.8 Å². The van der Waals surface area contributed by atoms with Crippen molar-refractivity contribution >= 4 is 11.4 Å². The normalized spacial score (nSPS) is 9.67. The lowest BCUT2D eigenvalue weighted by Crippen LogP contribution is -1.90. The summed E-state index contributed by atoms with van der Waals surface area (Å²) in [4.78, 5) is 12.5. The predicted octanol–water partition coefficient (Wildman–Crippen LogP) is 2.21. The van der Waals surface area contributed by atoms with E-state index in [2.05, 4.69) is 15.0 Å². The second kappa shape index (κ2) is 3.43. The van der Waals surface area contributed by atoms with Crippen molar-refractivity contribution in [3.63, 3.8) is 0 Å². The molecule has 0 radical (unpaired) electrons. The Kier molecular flexibility index (Phi) is 2.53. The van der Waals surface area contributed by atoms with Gasteiger partial charge in [0.05, 0.1) is 11.4 Å². The van der Waals surface area contributed by atoms with Gasteiger partial charge in [-0.3, -0.25) is 4.99 Å². The summed E-state index contributed by atoms with van der Waals surface area (Å²) in [5.41, 5.74) is 3.79. The van der Waals surface area contributed by atoms with E-state index < -0.39 is 0 Å². The quantitative estimate of drug-likeness (QED) is 0.595. The molecule has 12 heavy (non-hydrogen) atoms. The van der Waals surface area contributed by atoms with E-state index in [1.165, 1.54) is 0 Å². The highest BCUT2D eigenvalue weighted by atomic mass is 14.9. The van der Waals surface area contributed by atoms with E-state index in [-0.39, 0.29) is 0 Å². The molecule has 0 amide bonds. The zero-order chi connectivity index (χ0) is 9.14. The molecule has 1 aromatic rings. The average Bonchev–Trinajstić information content (AvgIpc) is 1.97. The van der Waals surface area contributed by atoms with E-state index in [4.69, 9.17) is 0 Å². The maximum Gasteiger partial charge on any atom is 0.116 e. The van der Waals surface area contributed by atoms with E-state index in [1.807, 2.05) is 27.7 Å². The van der Waals surface area contributed by atoms with E-state index in [1.54, 1.807) is 6.33 Å². The third-order valence-electron chi connectivity index (χ3n) is 1.52. The van der Waals surface area contributed by atoms with E-state index >= 15 is 0 Å². The molecule has 0 fully saturated rings. The molecule has 0 bridgehead atoms. The fraction of sp³-hybridized carbons (Fsp3) is 0.444. The Morgan fingerprint density at radius 2 is 1.67 bits per heavy atom. The standard InChI is InChI=1S/C9H13N3/c1-6(2)12-9-7(3)10-5-11-8(9)4/h5H,1-4H3. The zero-order valence-corrected chi connectivity index (χ0v) is 7.92. The number of aryl methyl sites for hydroxylation is 2. The van der Waals surface area contributed by atoms with Crippen molar-refractivity contribution in [2.75, 3.05) is 0 Å². The molecule has 0 N–H and O–H groups in total. The van der Waals surface area contributed by atoms with Gasteiger partial charge in [-0.1, -0.05) is 0 Å². The first kappa shape index (κ1) is 8.84. The summed E-state index contributed by atoms with van der Waals surface area (Å²) in [6.45, 7) is 7.81. The number of hydrogen-bond acceptors (Lipinski definition) is 3. The summed E-state index contributed by atoms with van der Waals surface area (Å²) in [6.07, 6.45) is 1.56. The number of rotatable bonds is 1. The lowest BCUT2D eigenvalue weighted by Gasteiger charge is -2.01.